The smallest absolute Gasteiger partial charge is 0.223 e. The maximum absolute atomic E-state index is 12.3. The Hall–Kier alpha value is -0.830. The van der Waals surface area contributed by atoms with E-state index < -0.39 is 0 Å². The first-order valence-electron chi connectivity index (χ1n) is 7.14. The molecule has 1 rings (SSSR count). The molecule has 0 fully saturated rings. The van der Waals surface area contributed by atoms with E-state index in [-0.39, 0.29) is 17.9 Å². The molecule has 0 aliphatic rings. The zero-order valence-electron chi connectivity index (χ0n) is 11.9. The number of benzene rings is 1. The quantitative estimate of drug-likeness (QED) is 0.702. The third-order valence-electron chi connectivity index (χ3n) is 3.32. The van der Waals surface area contributed by atoms with Crippen LogP contribution in [0.25, 0.3) is 0 Å². The van der Waals surface area contributed by atoms with Crippen molar-refractivity contribution in [2.45, 2.75) is 45.6 Å². The SMILES string of the molecule is CCCC(CCC)C(=O)NC(CBr)c1ccccc1. The first-order chi connectivity index (χ1) is 9.22. The lowest BCUT2D eigenvalue weighted by molar-refractivity contribution is -0.126. The largest absolute Gasteiger partial charge is 0.348 e. The van der Waals surface area contributed by atoms with Crippen LogP contribution in [0.3, 0.4) is 0 Å². The Morgan fingerprint density at radius 2 is 1.74 bits per heavy atom. The first kappa shape index (κ1) is 16.2. The van der Waals surface area contributed by atoms with Gasteiger partial charge in [0.25, 0.3) is 0 Å². The number of carbonyl (C=O) groups is 1. The van der Waals surface area contributed by atoms with Crippen LogP contribution in [-0.2, 0) is 4.79 Å². The molecule has 19 heavy (non-hydrogen) atoms. The van der Waals surface area contributed by atoms with Gasteiger partial charge in [0.05, 0.1) is 6.04 Å². The van der Waals surface area contributed by atoms with Gasteiger partial charge in [-0.1, -0.05) is 73.0 Å². The second kappa shape index (κ2) is 9.13. The van der Waals surface area contributed by atoms with E-state index in [0.29, 0.717) is 0 Å². The van der Waals surface area contributed by atoms with Crippen molar-refractivity contribution in [3.8, 4) is 0 Å². The molecule has 1 aromatic carbocycles. The van der Waals surface area contributed by atoms with Gasteiger partial charge in [0.1, 0.15) is 0 Å². The minimum absolute atomic E-state index is 0.0601. The van der Waals surface area contributed by atoms with Crippen LogP contribution in [0.1, 0.15) is 51.1 Å². The van der Waals surface area contributed by atoms with Gasteiger partial charge in [-0.25, -0.2) is 0 Å². The number of halogens is 1. The number of carbonyl (C=O) groups excluding carboxylic acids is 1. The number of amides is 1. The maximum Gasteiger partial charge on any atom is 0.223 e. The number of hydrogen-bond acceptors (Lipinski definition) is 1. The van der Waals surface area contributed by atoms with Crippen LogP contribution in [-0.4, -0.2) is 11.2 Å². The number of hydrogen-bond donors (Lipinski definition) is 1. The zero-order chi connectivity index (χ0) is 14.1. The molecule has 0 bridgehead atoms. The van der Waals surface area contributed by atoms with Gasteiger partial charge >= 0.3 is 0 Å². The monoisotopic (exact) mass is 325 g/mol. The maximum atomic E-state index is 12.3. The molecule has 1 aromatic rings. The Morgan fingerprint density at radius 3 is 2.21 bits per heavy atom. The van der Waals surface area contributed by atoms with Gasteiger partial charge < -0.3 is 5.32 Å². The van der Waals surface area contributed by atoms with Gasteiger partial charge in [-0.2, -0.15) is 0 Å². The van der Waals surface area contributed by atoms with Crippen molar-refractivity contribution in [1.29, 1.82) is 0 Å². The van der Waals surface area contributed by atoms with Crippen molar-refractivity contribution in [3.05, 3.63) is 35.9 Å². The van der Waals surface area contributed by atoms with Crippen LogP contribution < -0.4 is 5.32 Å². The third-order valence-corrected chi connectivity index (χ3v) is 3.97. The van der Waals surface area contributed by atoms with E-state index in [4.69, 9.17) is 0 Å². The summed E-state index contributed by atoms with van der Waals surface area (Å²) in [6.07, 6.45) is 4.07. The summed E-state index contributed by atoms with van der Waals surface area (Å²) >= 11 is 3.49. The summed E-state index contributed by atoms with van der Waals surface area (Å²) in [6.45, 7) is 4.27. The lowest BCUT2D eigenvalue weighted by atomic mass is 9.96. The van der Waals surface area contributed by atoms with Crippen LogP contribution in [0.4, 0.5) is 0 Å². The van der Waals surface area contributed by atoms with Crippen LogP contribution >= 0.6 is 15.9 Å². The predicted molar refractivity (Wildman–Crippen MR) is 84.4 cm³/mol. The van der Waals surface area contributed by atoms with Gasteiger partial charge in [0, 0.05) is 11.2 Å². The highest BCUT2D eigenvalue weighted by atomic mass is 79.9. The minimum Gasteiger partial charge on any atom is -0.348 e. The van der Waals surface area contributed by atoms with E-state index in [1.54, 1.807) is 0 Å². The van der Waals surface area contributed by atoms with Crippen molar-refractivity contribution in [2.24, 2.45) is 5.92 Å². The van der Waals surface area contributed by atoms with Gasteiger partial charge in [-0.15, -0.1) is 0 Å². The molecule has 0 radical (unpaired) electrons. The molecular formula is C16H24BrNO. The van der Waals surface area contributed by atoms with E-state index in [1.807, 2.05) is 18.2 Å². The van der Waals surface area contributed by atoms with Crippen molar-refractivity contribution in [1.82, 2.24) is 5.32 Å². The molecule has 1 atom stereocenters. The molecule has 0 aliphatic heterocycles. The summed E-state index contributed by atoms with van der Waals surface area (Å²) in [5.41, 5.74) is 1.15. The second-order valence-electron chi connectivity index (χ2n) is 4.90. The van der Waals surface area contributed by atoms with Crippen molar-refractivity contribution in [3.63, 3.8) is 0 Å². The average Bonchev–Trinajstić information content (AvgIpc) is 2.45. The van der Waals surface area contributed by atoms with Gasteiger partial charge in [0.2, 0.25) is 5.91 Å². The normalized spacial score (nSPS) is 12.4. The molecule has 1 N–H and O–H groups in total. The Balaban J connectivity index is 2.66. The fraction of sp³-hybridized carbons (Fsp3) is 0.562. The summed E-state index contributed by atoms with van der Waals surface area (Å²) in [4.78, 5) is 12.3. The Bertz CT molecular complexity index is 360. The van der Waals surface area contributed by atoms with Crippen molar-refractivity contribution >= 4 is 21.8 Å². The van der Waals surface area contributed by atoms with Crippen LogP contribution in [0.5, 0.6) is 0 Å². The molecule has 2 nitrogen and oxygen atoms in total. The second-order valence-corrected chi connectivity index (χ2v) is 5.55. The summed E-state index contributed by atoms with van der Waals surface area (Å²) in [6, 6.07) is 10.2. The van der Waals surface area contributed by atoms with Crippen LogP contribution in [0, 0.1) is 5.92 Å². The Morgan fingerprint density at radius 1 is 1.16 bits per heavy atom. The molecule has 106 valence electrons. The van der Waals surface area contributed by atoms with E-state index >= 15 is 0 Å². The summed E-state index contributed by atoms with van der Waals surface area (Å²) in [7, 11) is 0. The number of alkyl halides is 1. The number of nitrogens with one attached hydrogen (secondary N) is 1. The van der Waals surface area contributed by atoms with Crippen LogP contribution in [0.2, 0.25) is 0 Å². The molecule has 0 saturated heterocycles. The average molecular weight is 326 g/mol. The molecule has 0 heterocycles. The van der Waals surface area contributed by atoms with E-state index in [9.17, 15) is 4.79 Å². The Labute approximate surface area is 125 Å². The fourth-order valence-electron chi connectivity index (χ4n) is 2.29. The number of rotatable bonds is 8. The van der Waals surface area contributed by atoms with E-state index in [1.165, 1.54) is 0 Å². The lowest BCUT2D eigenvalue weighted by Crippen LogP contribution is -2.34. The van der Waals surface area contributed by atoms with E-state index in [0.717, 1.165) is 36.6 Å². The van der Waals surface area contributed by atoms with Gasteiger partial charge in [0.15, 0.2) is 0 Å². The third kappa shape index (κ3) is 5.35. The summed E-state index contributed by atoms with van der Waals surface area (Å²) < 4.78 is 0. The molecule has 0 aromatic heterocycles. The molecule has 1 unspecified atom stereocenters. The Kier molecular flexibility index (Phi) is 7.80. The topological polar surface area (TPSA) is 29.1 Å². The molecule has 0 aliphatic carbocycles. The molecule has 1 amide bonds. The van der Waals surface area contributed by atoms with E-state index in [2.05, 4.69) is 47.2 Å². The molecule has 0 saturated carbocycles. The standard InChI is InChI=1S/C16H24BrNO/c1-3-8-14(9-4-2)16(19)18-15(12-17)13-10-6-5-7-11-13/h5-7,10-11,14-15H,3-4,8-9,12H2,1-2H3,(H,18,19). The summed E-state index contributed by atoms with van der Waals surface area (Å²) in [5, 5.41) is 3.91. The lowest BCUT2D eigenvalue weighted by Gasteiger charge is -2.21. The molecular weight excluding hydrogens is 302 g/mol. The molecule has 0 spiro atoms. The zero-order valence-corrected chi connectivity index (χ0v) is 13.4. The highest BCUT2D eigenvalue weighted by Gasteiger charge is 2.20. The fourth-order valence-corrected chi connectivity index (χ4v) is 2.83. The van der Waals surface area contributed by atoms with Gasteiger partial charge in [-0.3, -0.25) is 4.79 Å². The van der Waals surface area contributed by atoms with Crippen molar-refractivity contribution < 1.29 is 4.79 Å². The molecule has 3 heteroatoms. The predicted octanol–water partition coefficient (Wildman–Crippen LogP) is 4.46. The van der Waals surface area contributed by atoms with Crippen LogP contribution in [0.15, 0.2) is 30.3 Å². The highest BCUT2D eigenvalue weighted by molar-refractivity contribution is 9.09. The minimum atomic E-state index is 0.0601. The van der Waals surface area contributed by atoms with Crippen molar-refractivity contribution in [2.75, 3.05) is 5.33 Å². The van der Waals surface area contributed by atoms with Gasteiger partial charge in [-0.05, 0) is 18.4 Å². The first-order valence-corrected chi connectivity index (χ1v) is 8.26. The summed E-state index contributed by atoms with van der Waals surface area (Å²) in [5.74, 6) is 0.345. The highest BCUT2D eigenvalue weighted by Crippen LogP contribution is 2.19.